The molecule has 2 aliphatic heterocycles. The normalized spacial score (nSPS) is 17.4. The van der Waals surface area contributed by atoms with E-state index in [1.54, 1.807) is 7.11 Å². The van der Waals surface area contributed by atoms with Crippen molar-refractivity contribution in [3.05, 3.63) is 60.1 Å². The molecule has 2 heterocycles. The summed E-state index contributed by atoms with van der Waals surface area (Å²) in [7, 11) is 1.63. The fraction of sp³-hybridized carbons (Fsp3) is 0.133. The topological polar surface area (TPSA) is 29.5 Å². The fourth-order valence-corrected chi connectivity index (χ4v) is 2.17. The number of hydrogen-bond acceptors (Lipinski definition) is 3. The zero-order chi connectivity index (χ0) is 12.5. The summed E-state index contributed by atoms with van der Waals surface area (Å²) in [5.74, 6) is 0.881. The lowest BCUT2D eigenvalue weighted by Crippen LogP contribution is -2.11. The molecule has 3 rings (SSSR count). The van der Waals surface area contributed by atoms with Gasteiger partial charge in [-0.15, -0.1) is 0 Å². The van der Waals surface area contributed by atoms with E-state index in [0.29, 0.717) is 0 Å². The van der Waals surface area contributed by atoms with E-state index in [9.17, 15) is 4.79 Å². The van der Waals surface area contributed by atoms with Crippen LogP contribution >= 0.6 is 0 Å². The average Bonchev–Trinajstić information content (AvgIpc) is 2.77. The molecule has 0 unspecified atom stereocenters. The van der Waals surface area contributed by atoms with Crippen LogP contribution in [0.1, 0.15) is 12.0 Å². The highest BCUT2D eigenvalue weighted by Gasteiger charge is 2.28. The monoisotopic (exact) mass is 239 g/mol. The van der Waals surface area contributed by atoms with Crippen LogP contribution in [0, 0.1) is 0 Å². The van der Waals surface area contributed by atoms with Crippen molar-refractivity contribution in [1.29, 1.82) is 0 Å². The van der Waals surface area contributed by atoms with E-state index in [1.807, 2.05) is 53.7 Å². The van der Waals surface area contributed by atoms with E-state index in [2.05, 4.69) is 0 Å². The van der Waals surface area contributed by atoms with Crippen molar-refractivity contribution in [2.24, 2.45) is 0 Å². The molecule has 0 saturated carbocycles. The minimum atomic E-state index is 0.0875. The minimum Gasteiger partial charge on any atom is -0.497 e. The first kappa shape index (κ1) is 10.8. The number of ketones is 1. The van der Waals surface area contributed by atoms with E-state index < -0.39 is 0 Å². The number of ether oxygens (including phenoxy) is 1. The lowest BCUT2D eigenvalue weighted by molar-refractivity contribution is -0.110. The van der Waals surface area contributed by atoms with Crippen LogP contribution < -0.4 is 4.74 Å². The second-order valence-electron chi connectivity index (χ2n) is 4.22. The van der Waals surface area contributed by atoms with Crippen LogP contribution in [-0.4, -0.2) is 17.8 Å². The molecular weight excluding hydrogens is 226 g/mol. The third-order valence-corrected chi connectivity index (χ3v) is 3.14. The van der Waals surface area contributed by atoms with E-state index >= 15 is 0 Å². The molecule has 1 aromatic carbocycles. The lowest BCUT2D eigenvalue weighted by atomic mass is 10.0. The molecule has 0 bridgehead atoms. The summed E-state index contributed by atoms with van der Waals surface area (Å²) in [4.78, 5) is 14.1. The summed E-state index contributed by atoms with van der Waals surface area (Å²) < 4.78 is 5.12. The van der Waals surface area contributed by atoms with Gasteiger partial charge in [0.2, 0.25) is 5.78 Å². The van der Waals surface area contributed by atoms with Gasteiger partial charge in [0.05, 0.1) is 12.8 Å². The second kappa shape index (κ2) is 4.18. The van der Waals surface area contributed by atoms with Crippen LogP contribution in [0.4, 0.5) is 0 Å². The van der Waals surface area contributed by atoms with Gasteiger partial charge in [-0.05, 0) is 24.1 Å². The Hall–Kier alpha value is -2.29. The Bertz CT molecular complexity index is 579. The molecule has 0 aromatic heterocycles. The molecule has 90 valence electrons. The molecule has 0 aliphatic carbocycles. The fourth-order valence-electron chi connectivity index (χ4n) is 2.17. The summed E-state index contributed by atoms with van der Waals surface area (Å²) in [6.45, 7) is 0. The van der Waals surface area contributed by atoms with Gasteiger partial charge in [0.25, 0.3) is 0 Å². The van der Waals surface area contributed by atoms with Crippen LogP contribution in [0.5, 0.6) is 5.75 Å². The maximum Gasteiger partial charge on any atom is 0.211 e. The Morgan fingerprint density at radius 1 is 1.22 bits per heavy atom. The van der Waals surface area contributed by atoms with Crippen molar-refractivity contribution >= 4 is 11.4 Å². The first-order valence-corrected chi connectivity index (χ1v) is 5.86. The van der Waals surface area contributed by atoms with Crippen molar-refractivity contribution in [3.63, 3.8) is 0 Å². The number of nitrogens with zero attached hydrogens (tertiary/aromatic N) is 1. The third kappa shape index (κ3) is 1.64. The third-order valence-electron chi connectivity index (χ3n) is 3.14. The molecule has 0 saturated heterocycles. The van der Waals surface area contributed by atoms with Crippen molar-refractivity contribution in [3.8, 4) is 5.75 Å². The van der Waals surface area contributed by atoms with Gasteiger partial charge in [-0.2, -0.15) is 0 Å². The van der Waals surface area contributed by atoms with Gasteiger partial charge in [-0.3, -0.25) is 4.79 Å². The van der Waals surface area contributed by atoms with Crippen LogP contribution in [0.15, 0.2) is 54.5 Å². The predicted molar refractivity (Wildman–Crippen MR) is 69.7 cm³/mol. The summed E-state index contributed by atoms with van der Waals surface area (Å²) in [6, 6.07) is 7.55. The van der Waals surface area contributed by atoms with Crippen molar-refractivity contribution in [2.45, 2.75) is 6.42 Å². The molecule has 0 N–H and O–H groups in total. The van der Waals surface area contributed by atoms with E-state index in [0.717, 1.165) is 29.0 Å². The average molecular weight is 239 g/mol. The minimum absolute atomic E-state index is 0.0875. The van der Waals surface area contributed by atoms with Crippen LogP contribution in [0.2, 0.25) is 0 Å². The Kier molecular flexibility index (Phi) is 2.52. The zero-order valence-corrected chi connectivity index (χ0v) is 10.1. The lowest BCUT2D eigenvalue weighted by Gasteiger charge is -2.14. The molecule has 0 atom stereocenters. The first-order chi connectivity index (χ1) is 8.79. The second-order valence-corrected chi connectivity index (χ2v) is 4.22. The highest BCUT2D eigenvalue weighted by molar-refractivity contribution is 6.30. The maximum absolute atomic E-state index is 12.3. The number of methoxy groups -OCH3 is 1. The van der Waals surface area contributed by atoms with Crippen LogP contribution in [0.25, 0.3) is 5.57 Å². The molecule has 1 aromatic rings. The Balaban J connectivity index is 1.97. The van der Waals surface area contributed by atoms with E-state index in [1.165, 1.54) is 0 Å². The number of allylic oxidation sites excluding steroid dienone is 3. The Morgan fingerprint density at radius 2 is 2.00 bits per heavy atom. The first-order valence-electron chi connectivity index (χ1n) is 5.86. The molecule has 0 fully saturated rings. The van der Waals surface area contributed by atoms with Gasteiger partial charge < -0.3 is 9.64 Å². The quantitative estimate of drug-likeness (QED) is 0.794. The van der Waals surface area contributed by atoms with Gasteiger partial charge >= 0.3 is 0 Å². The number of Topliss-reactive ketones (excluding diaryl/α,β-unsaturated/α-hetero) is 1. The standard InChI is InChI=1S/C15H13NO2/c1-18-12-7-5-11(6-8-12)13-10-16-9-3-2-4-14(16)15(13)17/h3-10H,2H2,1H3. The van der Waals surface area contributed by atoms with Gasteiger partial charge in [-0.1, -0.05) is 24.3 Å². The summed E-state index contributed by atoms with van der Waals surface area (Å²) in [5, 5.41) is 0. The number of carbonyl (C=O) groups excluding carboxylic acids is 1. The van der Waals surface area contributed by atoms with Crippen molar-refractivity contribution in [2.75, 3.05) is 7.11 Å². The van der Waals surface area contributed by atoms with E-state index in [4.69, 9.17) is 4.74 Å². The number of fused-ring (bicyclic) bond motifs is 1. The molecular formula is C15H13NO2. The van der Waals surface area contributed by atoms with Crippen molar-refractivity contribution < 1.29 is 9.53 Å². The number of carbonyl (C=O) groups is 1. The number of benzene rings is 1. The maximum atomic E-state index is 12.3. The summed E-state index contributed by atoms with van der Waals surface area (Å²) >= 11 is 0. The SMILES string of the molecule is COc1ccc(C2=CN3C=CCC=C3C2=O)cc1. The van der Waals surface area contributed by atoms with Gasteiger partial charge in [-0.25, -0.2) is 0 Å². The van der Waals surface area contributed by atoms with E-state index in [-0.39, 0.29) is 5.78 Å². The summed E-state index contributed by atoms with van der Waals surface area (Å²) in [6.07, 6.45) is 8.62. The zero-order valence-electron chi connectivity index (χ0n) is 10.1. The molecule has 0 amide bonds. The molecule has 0 radical (unpaired) electrons. The number of hydrogen-bond donors (Lipinski definition) is 0. The molecule has 3 heteroatoms. The van der Waals surface area contributed by atoms with Crippen LogP contribution in [-0.2, 0) is 4.79 Å². The molecule has 3 nitrogen and oxygen atoms in total. The Morgan fingerprint density at radius 3 is 2.67 bits per heavy atom. The van der Waals surface area contributed by atoms with Gasteiger partial charge in [0, 0.05) is 18.0 Å². The highest BCUT2D eigenvalue weighted by Crippen LogP contribution is 2.31. The van der Waals surface area contributed by atoms with Gasteiger partial charge in [0.15, 0.2) is 0 Å². The largest absolute Gasteiger partial charge is 0.497 e. The highest BCUT2D eigenvalue weighted by atomic mass is 16.5. The molecule has 18 heavy (non-hydrogen) atoms. The molecule has 2 aliphatic rings. The Labute approximate surface area is 106 Å². The smallest absolute Gasteiger partial charge is 0.211 e. The van der Waals surface area contributed by atoms with Crippen molar-refractivity contribution in [1.82, 2.24) is 4.90 Å². The van der Waals surface area contributed by atoms with Crippen LogP contribution in [0.3, 0.4) is 0 Å². The van der Waals surface area contributed by atoms with Gasteiger partial charge in [0.1, 0.15) is 5.75 Å². The predicted octanol–water partition coefficient (Wildman–Crippen LogP) is 2.72. The summed E-state index contributed by atoms with van der Waals surface area (Å²) in [5.41, 5.74) is 2.41. The number of rotatable bonds is 2. The molecule has 0 spiro atoms.